The van der Waals surface area contributed by atoms with Gasteiger partial charge in [0.25, 0.3) is 0 Å². The second kappa shape index (κ2) is 5.72. The first-order valence-corrected chi connectivity index (χ1v) is 6.95. The Kier molecular flexibility index (Phi) is 3.75. The minimum atomic E-state index is -0.914. The number of halogens is 2. The summed E-state index contributed by atoms with van der Waals surface area (Å²) in [6.07, 6.45) is 2.91. The molecule has 0 radical (unpaired) electrons. The van der Waals surface area contributed by atoms with Gasteiger partial charge in [-0.3, -0.25) is 4.79 Å². The minimum absolute atomic E-state index is 0.0753. The number of aryl methyl sites for hydroxylation is 1. The Morgan fingerprint density at radius 3 is 2.59 bits per heavy atom. The molecule has 4 heteroatoms. The van der Waals surface area contributed by atoms with Crippen molar-refractivity contribution in [3.05, 3.63) is 70.3 Å². The zero-order valence-corrected chi connectivity index (χ0v) is 12.0. The van der Waals surface area contributed by atoms with E-state index in [1.165, 1.54) is 6.07 Å². The lowest BCUT2D eigenvalue weighted by molar-refractivity contribution is 0.102. The van der Waals surface area contributed by atoms with Crippen LogP contribution in [-0.4, -0.2) is 12.9 Å². The molecular weight excluding hydrogens is 286 g/mol. The van der Waals surface area contributed by atoms with Crippen LogP contribution < -0.4 is 4.74 Å². The summed E-state index contributed by atoms with van der Waals surface area (Å²) in [5.74, 6) is -1.16. The Hall–Kier alpha value is -2.49. The lowest BCUT2D eigenvalue weighted by Crippen LogP contribution is -2.14. The highest BCUT2D eigenvalue weighted by Gasteiger charge is 2.22. The van der Waals surface area contributed by atoms with E-state index in [1.54, 1.807) is 25.3 Å². The summed E-state index contributed by atoms with van der Waals surface area (Å²) in [5, 5.41) is 0. The van der Waals surface area contributed by atoms with Crippen LogP contribution in [0.4, 0.5) is 8.78 Å². The highest BCUT2D eigenvalue weighted by molar-refractivity contribution is 6.13. The lowest BCUT2D eigenvalue weighted by atomic mass is 9.86. The Morgan fingerprint density at radius 1 is 1.05 bits per heavy atom. The van der Waals surface area contributed by atoms with Gasteiger partial charge in [0.15, 0.2) is 17.4 Å². The number of hydrogen-bond acceptors (Lipinski definition) is 2. The molecule has 112 valence electrons. The summed E-state index contributed by atoms with van der Waals surface area (Å²) in [6, 6.07) is 8.97. The van der Waals surface area contributed by atoms with Crippen molar-refractivity contribution in [2.75, 3.05) is 7.11 Å². The second-order valence-corrected chi connectivity index (χ2v) is 5.20. The van der Waals surface area contributed by atoms with Gasteiger partial charge in [0.2, 0.25) is 0 Å². The SMILES string of the molecule is COc1ccc2c(c1)CC/C(=C/c1ccc(F)c(F)c1)C2=O. The van der Waals surface area contributed by atoms with Gasteiger partial charge in [0.1, 0.15) is 5.75 Å². The molecule has 2 nitrogen and oxygen atoms in total. The van der Waals surface area contributed by atoms with E-state index in [4.69, 9.17) is 4.74 Å². The molecule has 22 heavy (non-hydrogen) atoms. The molecule has 0 aliphatic heterocycles. The average Bonchev–Trinajstić information content (AvgIpc) is 2.53. The molecule has 0 heterocycles. The number of fused-ring (bicyclic) bond motifs is 1. The molecule has 2 aromatic carbocycles. The second-order valence-electron chi connectivity index (χ2n) is 5.20. The van der Waals surface area contributed by atoms with Gasteiger partial charge in [-0.25, -0.2) is 8.78 Å². The van der Waals surface area contributed by atoms with E-state index in [0.717, 1.165) is 23.4 Å². The topological polar surface area (TPSA) is 26.3 Å². The molecule has 3 rings (SSSR count). The molecule has 0 amide bonds. The van der Waals surface area contributed by atoms with E-state index in [-0.39, 0.29) is 5.78 Å². The molecule has 0 saturated carbocycles. The van der Waals surface area contributed by atoms with Crippen molar-refractivity contribution in [3.8, 4) is 5.75 Å². The fraction of sp³-hybridized carbons (Fsp3) is 0.167. The Morgan fingerprint density at radius 2 is 1.86 bits per heavy atom. The molecule has 1 aliphatic carbocycles. The summed E-state index contributed by atoms with van der Waals surface area (Å²) < 4.78 is 31.4. The first-order chi connectivity index (χ1) is 10.6. The van der Waals surface area contributed by atoms with E-state index in [0.29, 0.717) is 29.5 Å². The monoisotopic (exact) mass is 300 g/mol. The van der Waals surface area contributed by atoms with Crippen LogP contribution in [0.15, 0.2) is 42.0 Å². The summed E-state index contributed by atoms with van der Waals surface area (Å²) >= 11 is 0. The highest BCUT2D eigenvalue weighted by Crippen LogP contribution is 2.29. The fourth-order valence-electron chi connectivity index (χ4n) is 2.62. The first kappa shape index (κ1) is 14.4. The van der Waals surface area contributed by atoms with Crippen LogP contribution in [-0.2, 0) is 6.42 Å². The van der Waals surface area contributed by atoms with Gasteiger partial charge >= 0.3 is 0 Å². The quantitative estimate of drug-likeness (QED) is 0.778. The third-order valence-corrected chi connectivity index (χ3v) is 3.80. The van der Waals surface area contributed by atoms with Crippen LogP contribution >= 0.6 is 0 Å². The maximum Gasteiger partial charge on any atom is 0.189 e. The van der Waals surface area contributed by atoms with E-state index in [2.05, 4.69) is 0 Å². The van der Waals surface area contributed by atoms with Crippen LogP contribution in [0.1, 0.15) is 27.9 Å². The molecule has 0 saturated heterocycles. The van der Waals surface area contributed by atoms with Gasteiger partial charge in [-0.1, -0.05) is 6.07 Å². The van der Waals surface area contributed by atoms with Crippen LogP contribution in [0.5, 0.6) is 5.75 Å². The van der Waals surface area contributed by atoms with Crippen molar-refractivity contribution in [1.29, 1.82) is 0 Å². The van der Waals surface area contributed by atoms with Crippen molar-refractivity contribution >= 4 is 11.9 Å². The summed E-state index contributed by atoms with van der Waals surface area (Å²) in [4.78, 5) is 12.5. The number of benzene rings is 2. The van der Waals surface area contributed by atoms with E-state index in [9.17, 15) is 13.6 Å². The number of methoxy groups -OCH3 is 1. The fourth-order valence-corrected chi connectivity index (χ4v) is 2.62. The third kappa shape index (κ3) is 2.64. The van der Waals surface area contributed by atoms with Gasteiger partial charge < -0.3 is 4.74 Å². The summed E-state index contributed by atoms with van der Waals surface area (Å²) in [6.45, 7) is 0. The van der Waals surface area contributed by atoms with Gasteiger partial charge in [-0.15, -0.1) is 0 Å². The molecule has 0 fully saturated rings. The predicted molar refractivity (Wildman–Crippen MR) is 80.0 cm³/mol. The average molecular weight is 300 g/mol. The van der Waals surface area contributed by atoms with Gasteiger partial charge in [0.05, 0.1) is 7.11 Å². The number of rotatable bonds is 2. The summed E-state index contributed by atoms with van der Waals surface area (Å²) in [5.41, 5.74) is 2.68. The molecule has 1 aliphatic rings. The van der Waals surface area contributed by atoms with Crippen molar-refractivity contribution in [2.45, 2.75) is 12.8 Å². The highest BCUT2D eigenvalue weighted by atomic mass is 19.2. The number of carbonyl (C=O) groups is 1. The molecule has 0 aromatic heterocycles. The largest absolute Gasteiger partial charge is 0.497 e. The van der Waals surface area contributed by atoms with Crippen molar-refractivity contribution < 1.29 is 18.3 Å². The molecule has 0 spiro atoms. The smallest absolute Gasteiger partial charge is 0.189 e. The molecule has 0 unspecified atom stereocenters. The van der Waals surface area contributed by atoms with Crippen LogP contribution in [0, 0.1) is 11.6 Å². The normalized spacial score (nSPS) is 15.8. The Bertz CT molecular complexity index is 779. The van der Waals surface area contributed by atoms with Crippen molar-refractivity contribution in [3.63, 3.8) is 0 Å². The molecular formula is C18H14F2O2. The van der Waals surface area contributed by atoms with Crippen molar-refractivity contribution in [1.82, 2.24) is 0 Å². The van der Waals surface area contributed by atoms with Gasteiger partial charge in [0, 0.05) is 11.1 Å². The number of Topliss-reactive ketones (excluding diaryl/α,β-unsaturated/α-hetero) is 1. The number of hydrogen-bond donors (Lipinski definition) is 0. The standard InChI is InChI=1S/C18H14F2O2/c1-22-14-5-6-15-12(10-14)3-4-13(18(15)21)8-11-2-7-16(19)17(20)9-11/h2,5-10H,3-4H2,1H3/b13-8-. The number of ether oxygens (including phenoxy) is 1. The van der Waals surface area contributed by atoms with Crippen molar-refractivity contribution in [2.24, 2.45) is 0 Å². The molecule has 2 aromatic rings. The maximum atomic E-state index is 13.2. The van der Waals surface area contributed by atoms with Crippen LogP contribution in [0.25, 0.3) is 6.08 Å². The zero-order chi connectivity index (χ0) is 15.7. The van der Waals surface area contributed by atoms with Crippen LogP contribution in [0.2, 0.25) is 0 Å². The Balaban J connectivity index is 1.95. The number of allylic oxidation sites excluding steroid dienone is 1. The maximum absolute atomic E-state index is 13.2. The van der Waals surface area contributed by atoms with E-state index in [1.807, 2.05) is 6.07 Å². The van der Waals surface area contributed by atoms with Crippen LogP contribution in [0.3, 0.4) is 0 Å². The lowest BCUT2D eigenvalue weighted by Gasteiger charge is -2.18. The Labute approximate surface area is 127 Å². The van der Waals surface area contributed by atoms with E-state index >= 15 is 0 Å². The molecule has 0 N–H and O–H groups in total. The summed E-state index contributed by atoms with van der Waals surface area (Å²) in [7, 11) is 1.58. The molecule has 0 atom stereocenters. The van der Waals surface area contributed by atoms with E-state index < -0.39 is 11.6 Å². The number of carbonyl (C=O) groups excluding carboxylic acids is 1. The minimum Gasteiger partial charge on any atom is -0.497 e. The van der Waals surface area contributed by atoms with Gasteiger partial charge in [-0.2, -0.15) is 0 Å². The third-order valence-electron chi connectivity index (χ3n) is 3.80. The molecule has 0 bridgehead atoms. The predicted octanol–water partition coefficient (Wildman–Crippen LogP) is 4.19. The first-order valence-electron chi connectivity index (χ1n) is 6.95. The number of ketones is 1. The zero-order valence-electron chi connectivity index (χ0n) is 12.0. The van der Waals surface area contributed by atoms with Gasteiger partial charge in [-0.05, 0) is 60.4 Å².